The summed E-state index contributed by atoms with van der Waals surface area (Å²) in [6.07, 6.45) is 1.63. The number of aromatic nitrogens is 3. The molecule has 22 heavy (non-hydrogen) atoms. The molecule has 7 nitrogen and oxygen atoms in total. The molecular weight excluding hydrogens is 302 g/mol. The minimum absolute atomic E-state index is 0.139. The van der Waals surface area contributed by atoms with Crippen LogP contribution in [-0.2, 0) is 4.79 Å². The van der Waals surface area contributed by atoms with E-state index in [2.05, 4.69) is 21.0 Å². The van der Waals surface area contributed by atoms with Crippen LogP contribution in [0.1, 0.15) is 30.2 Å². The molecular formula is C14H17N5O2S. The van der Waals surface area contributed by atoms with Crippen molar-refractivity contribution in [3.05, 3.63) is 42.2 Å². The number of rotatable bonds is 5. The predicted octanol–water partition coefficient (Wildman–Crippen LogP) is 1.41. The van der Waals surface area contributed by atoms with E-state index in [-0.39, 0.29) is 23.6 Å². The molecule has 2 aromatic rings. The molecule has 8 heteroatoms. The van der Waals surface area contributed by atoms with Crippen molar-refractivity contribution >= 4 is 23.6 Å². The molecule has 1 aromatic heterocycles. The van der Waals surface area contributed by atoms with Crippen LogP contribution in [0.15, 0.2) is 41.8 Å². The summed E-state index contributed by atoms with van der Waals surface area (Å²) in [5.41, 5.74) is 5.23. The van der Waals surface area contributed by atoms with E-state index in [0.29, 0.717) is 10.7 Å². The van der Waals surface area contributed by atoms with Crippen molar-refractivity contribution < 1.29 is 9.59 Å². The second-order valence-electron chi connectivity index (χ2n) is 4.77. The van der Waals surface area contributed by atoms with Crippen LogP contribution in [0.5, 0.6) is 0 Å². The van der Waals surface area contributed by atoms with E-state index < -0.39 is 0 Å². The molecule has 1 aromatic carbocycles. The molecule has 0 fully saturated rings. The van der Waals surface area contributed by atoms with Crippen LogP contribution in [0.25, 0.3) is 0 Å². The minimum Gasteiger partial charge on any atom is -0.306 e. The molecule has 0 atom stereocenters. The van der Waals surface area contributed by atoms with Crippen molar-refractivity contribution in [2.75, 3.05) is 5.75 Å². The summed E-state index contributed by atoms with van der Waals surface area (Å²) in [6, 6.07) is 8.88. The van der Waals surface area contributed by atoms with Gasteiger partial charge in [0.15, 0.2) is 5.16 Å². The maximum Gasteiger partial charge on any atom is 0.269 e. The van der Waals surface area contributed by atoms with Gasteiger partial charge in [0.25, 0.3) is 5.91 Å². The van der Waals surface area contributed by atoms with Crippen LogP contribution < -0.4 is 10.9 Å². The zero-order valence-corrected chi connectivity index (χ0v) is 13.1. The molecule has 2 rings (SSSR count). The third-order valence-corrected chi connectivity index (χ3v) is 3.74. The number of hydrazine groups is 1. The van der Waals surface area contributed by atoms with E-state index in [1.165, 1.54) is 11.8 Å². The van der Waals surface area contributed by atoms with Gasteiger partial charge in [-0.25, -0.2) is 0 Å². The highest BCUT2D eigenvalue weighted by atomic mass is 32.2. The lowest BCUT2D eigenvalue weighted by atomic mass is 10.2. The van der Waals surface area contributed by atoms with Crippen molar-refractivity contribution in [1.29, 1.82) is 0 Å². The Balaban J connectivity index is 1.79. The Kier molecular flexibility index (Phi) is 5.54. The Labute approximate surface area is 132 Å². The van der Waals surface area contributed by atoms with Gasteiger partial charge in [-0.2, -0.15) is 0 Å². The van der Waals surface area contributed by atoms with Crippen LogP contribution in [0.3, 0.4) is 0 Å². The van der Waals surface area contributed by atoms with E-state index >= 15 is 0 Å². The summed E-state index contributed by atoms with van der Waals surface area (Å²) in [6.45, 7) is 4.02. The number of benzene rings is 1. The fraction of sp³-hybridized carbons (Fsp3) is 0.286. The van der Waals surface area contributed by atoms with Crippen molar-refractivity contribution in [3.8, 4) is 0 Å². The van der Waals surface area contributed by atoms with Gasteiger partial charge in [0.1, 0.15) is 6.33 Å². The van der Waals surface area contributed by atoms with Gasteiger partial charge >= 0.3 is 0 Å². The lowest BCUT2D eigenvalue weighted by Gasteiger charge is -2.10. The zero-order chi connectivity index (χ0) is 15.9. The average molecular weight is 319 g/mol. The highest BCUT2D eigenvalue weighted by Gasteiger charge is 2.11. The monoisotopic (exact) mass is 319 g/mol. The average Bonchev–Trinajstić information content (AvgIpc) is 3.00. The number of hydrogen-bond donors (Lipinski definition) is 2. The summed E-state index contributed by atoms with van der Waals surface area (Å²) >= 11 is 1.26. The molecule has 0 radical (unpaired) electrons. The Morgan fingerprint density at radius 2 is 1.95 bits per heavy atom. The molecule has 2 N–H and O–H groups in total. The van der Waals surface area contributed by atoms with Crippen molar-refractivity contribution in [2.45, 2.75) is 25.0 Å². The summed E-state index contributed by atoms with van der Waals surface area (Å²) in [4.78, 5) is 23.5. The first kappa shape index (κ1) is 16.0. The number of hydrogen-bond acceptors (Lipinski definition) is 5. The number of carbonyl (C=O) groups excluding carboxylic acids is 2. The molecule has 0 aliphatic rings. The molecule has 0 aliphatic heterocycles. The highest BCUT2D eigenvalue weighted by Crippen LogP contribution is 2.18. The van der Waals surface area contributed by atoms with E-state index in [1.54, 1.807) is 30.6 Å². The molecule has 0 bridgehead atoms. The third kappa shape index (κ3) is 4.32. The summed E-state index contributed by atoms with van der Waals surface area (Å²) in [5, 5.41) is 8.45. The fourth-order valence-electron chi connectivity index (χ4n) is 1.64. The number of nitrogens with one attached hydrogen (secondary N) is 2. The molecule has 0 spiro atoms. The van der Waals surface area contributed by atoms with Gasteiger partial charge in [0, 0.05) is 11.6 Å². The number of carbonyl (C=O) groups is 2. The Morgan fingerprint density at radius 3 is 2.64 bits per heavy atom. The lowest BCUT2D eigenvalue weighted by molar-refractivity contribution is -0.119. The van der Waals surface area contributed by atoms with Gasteiger partial charge in [-0.05, 0) is 26.0 Å². The first-order valence-corrected chi connectivity index (χ1v) is 7.73. The lowest BCUT2D eigenvalue weighted by Crippen LogP contribution is -2.42. The maximum atomic E-state index is 11.8. The van der Waals surface area contributed by atoms with E-state index in [1.807, 2.05) is 24.5 Å². The predicted molar refractivity (Wildman–Crippen MR) is 83.2 cm³/mol. The first-order valence-electron chi connectivity index (χ1n) is 6.74. The quantitative estimate of drug-likeness (QED) is 0.642. The molecule has 116 valence electrons. The number of thioether (sulfide) groups is 1. The van der Waals surface area contributed by atoms with Crippen LogP contribution in [0, 0.1) is 0 Å². The molecule has 2 amide bonds. The second-order valence-corrected chi connectivity index (χ2v) is 5.71. The summed E-state index contributed by atoms with van der Waals surface area (Å²) in [7, 11) is 0. The molecule has 0 aliphatic carbocycles. The van der Waals surface area contributed by atoms with Crippen molar-refractivity contribution in [2.24, 2.45) is 0 Å². The van der Waals surface area contributed by atoms with Crippen LogP contribution >= 0.6 is 11.8 Å². The van der Waals surface area contributed by atoms with Crippen molar-refractivity contribution in [1.82, 2.24) is 25.6 Å². The van der Waals surface area contributed by atoms with Gasteiger partial charge in [-0.1, -0.05) is 30.0 Å². The van der Waals surface area contributed by atoms with Gasteiger partial charge in [-0.3, -0.25) is 20.4 Å². The van der Waals surface area contributed by atoms with E-state index in [4.69, 9.17) is 0 Å². The first-order chi connectivity index (χ1) is 10.6. The second kappa shape index (κ2) is 7.60. The van der Waals surface area contributed by atoms with Crippen molar-refractivity contribution in [3.63, 3.8) is 0 Å². The number of amides is 2. The normalized spacial score (nSPS) is 10.5. The van der Waals surface area contributed by atoms with Crippen LogP contribution in [0.2, 0.25) is 0 Å². The SMILES string of the molecule is CC(C)n1cnnc1SCC(=O)NNC(=O)c1ccccc1. The van der Waals surface area contributed by atoms with Gasteiger partial charge < -0.3 is 4.57 Å². The maximum absolute atomic E-state index is 11.8. The van der Waals surface area contributed by atoms with Gasteiger partial charge in [-0.15, -0.1) is 10.2 Å². The number of nitrogens with zero attached hydrogens (tertiary/aromatic N) is 3. The topological polar surface area (TPSA) is 88.9 Å². The Bertz CT molecular complexity index is 642. The summed E-state index contributed by atoms with van der Waals surface area (Å²) in [5.74, 6) is -0.530. The van der Waals surface area contributed by atoms with E-state index in [0.717, 1.165) is 0 Å². The smallest absolute Gasteiger partial charge is 0.269 e. The molecule has 0 saturated carbocycles. The standard InChI is InChI=1S/C14H17N5O2S/c1-10(2)19-9-15-18-14(19)22-8-12(20)16-17-13(21)11-6-4-3-5-7-11/h3-7,9-10H,8H2,1-2H3,(H,16,20)(H,17,21). The highest BCUT2D eigenvalue weighted by molar-refractivity contribution is 7.99. The minimum atomic E-state index is -0.357. The fourth-order valence-corrected chi connectivity index (χ4v) is 2.49. The van der Waals surface area contributed by atoms with Crippen LogP contribution in [-0.4, -0.2) is 32.3 Å². The zero-order valence-electron chi connectivity index (χ0n) is 12.3. The summed E-state index contributed by atoms with van der Waals surface area (Å²) < 4.78 is 1.88. The Morgan fingerprint density at radius 1 is 1.23 bits per heavy atom. The molecule has 0 saturated heterocycles. The third-order valence-electron chi connectivity index (χ3n) is 2.78. The molecule has 0 unspecified atom stereocenters. The van der Waals surface area contributed by atoms with Gasteiger partial charge in [0.2, 0.25) is 5.91 Å². The van der Waals surface area contributed by atoms with Crippen LogP contribution in [0.4, 0.5) is 0 Å². The molecule has 1 heterocycles. The van der Waals surface area contributed by atoms with Gasteiger partial charge in [0.05, 0.1) is 5.75 Å². The van der Waals surface area contributed by atoms with E-state index in [9.17, 15) is 9.59 Å². The largest absolute Gasteiger partial charge is 0.306 e. The Hall–Kier alpha value is -2.35.